The van der Waals surface area contributed by atoms with Gasteiger partial charge < -0.3 is 10.6 Å². The lowest BCUT2D eigenvalue weighted by Crippen LogP contribution is -2.50. The maximum atomic E-state index is 11.9. The molecule has 0 fully saturated rings. The van der Waals surface area contributed by atoms with Crippen molar-refractivity contribution in [2.45, 2.75) is 33.2 Å². The molecule has 1 amide bonds. The molecule has 0 saturated heterocycles. The molecule has 2 N–H and O–H groups in total. The van der Waals surface area contributed by atoms with Crippen LogP contribution in [0.15, 0.2) is 22.7 Å². The zero-order valence-electron chi connectivity index (χ0n) is 12.2. The largest absolute Gasteiger partial charge is 0.375 e. The van der Waals surface area contributed by atoms with Gasteiger partial charge in [0.15, 0.2) is 0 Å². The van der Waals surface area contributed by atoms with E-state index in [0.717, 1.165) is 15.7 Å². The highest BCUT2D eigenvalue weighted by atomic mass is 79.9. The summed E-state index contributed by atoms with van der Waals surface area (Å²) in [5, 5.41) is 15.0. The smallest absolute Gasteiger partial charge is 0.240 e. The van der Waals surface area contributed by atoms with Crippen molar-refractivity contribution in [3.05, 3.63) is 28.2 Å². The molecule has 0 aliphatic rings. The number of nitrogens with one attached hydrogen (secondary N) is 2. The van der Waals surface area contributed by atoms with Crippen LogP contribution in [0.1, 0.15) is 26.3 Å². The quantitative estimate of drug-likeness (QED) is 0.866. The van der Waals surface area contributed by atoms with E-state index in [0.29, 0.717) is 0 Å². The van der Waals surface area contributed by atoms with Crippen molar-refractivity contribution in [2.24, 2.45) is 5.92 Å². The summed E-state index contributed by atoms with van der Waals surface area (Å²) in [4.78, 5) is 11.9. The minimum atomic E-state index is -0.844. The van der Waals surface area contributed by atoms with Gasteiger partial charge in [-0.25, -0.2) is 0 Å². The lowest BCUT2D eigenvalue weighted by molar-refractivity contribution is -0.121. The van der Waals surface area contributed by atoms with Gasteiger partial charge in [0.05, 0.1) is 12.6 Å². The average Bonchev–Trinajstić information content (AvgIpc) is 2.37. The number of aryl methyl sites for hydroxylation is 1. The molecule has 20 heavy (non-hydrogen) atoms. The summed E-state index contributed by atoms with van der Waals surface area (Å²) in [5.41, 5.74) is 1.15. The van der Waals surface area contributed by atoms with Crippen LogP contribution in [0.3, 0.4) is 0 Å². The molecule has 0 saturated carbocycles. The third kappa shape index (κ3) is 4.24. The predicted octanol–water partition coefficient (Wildman–Crippen LogP) is 3.22. The van der Waals surface area contributed by atoms with Crippen molar-refractivity contribution in [1.29, 1.82) is 5.26 Å². The van der Waals surface area contributed by atoms with Crippen molar-refractivity contribution in [1.82, 2.24) is 5.32 Å². The Labute approximate surface area is 128 Å². The minimum Gasteiger partial charge on any atom is -0.375 e. The Kier molecular flexibility index (Phi) is 5.58. The molecule has 0 spiro atoms. The lowest BCUT2D eigenvalue weighted by atomic mass is 9.90. The summed E-state index contributed by atoms with van der Waals surface area (Å²) in [5.74, 6) is -0.155. The fraction of sp³-hybridized carbons (Fsp3) is 0.467. The van der Waals surface area contributed by atoms with Crippen molar-refractivity contribution >= 4 is 27.5 Å². The Hall–Kier alpha value is -1.54. The van der Waals surface area contributed by atoms with Gasteiger partial charge in [0.2, 0.25) is 5.91 Å². The van der Waals surface area contributed by atoms with E-state index in [2.05, 4.69) is 32.6 Å². The van der Waals surface area contributed by atoms with Crippen LogP contribution in [-0.4, -0.2) is 18.0 Å². The second-order valence-corrected chi connectivity index (χ2v) is 6.21. The molecule has 0 aromatic heterocycles. The number of carbonyl (C=O) groups is 1. The fourth-order valence-electron chi connectivity index (χ4n) is 1.57. The van der Waals surface area contributed by atoms with Crippen LogP contribution in [-0.2, 0) is 4.79 Å². The van der Waals surface area contributed by atoms with Crippen molar-refractivity contribution < 1.29 is 4.79 Å². The molecular weight excluding hydrogens is 318 g/mol. The van der Waals surface area contributed by atoms with Gasteiger partial charge in [-0.1, -0.05) is 19.9 Å². The van der Waals surface area contributed by atoms with Gasteiger partial charge in [-0.3, -0.25) is 4.79 Å². The standard InChI is InChI=1S/C15H20BrN3O/c1-10(2)15(4,9-17)19-14(20)8-18-13-6-5-11(3)7-12(13)16/h5-7,10,18H,8H2,1-4H3,(H,19,20). The van der Waals surface area contributed by atoms with Crippen LogP contribution in [0.25, 0.3) is 0 Å². The topological polar surface area (TPSA) is 64.9 Å². The molecule has 4 nitrogen and oxygen atoms in total. The van der Waals surface area contributed by atoms with Gasteiger partial charge in [-0.05, 0) is 53.4 Å². The number of hydrogen-bond donors (Lipinski definition) is 2. The Morgan fingerprint density at radius 3 is 2.65 bits per heavy atom. The minimum absolute atomic E-state index is 0.0440. The molecule has 1 aromatic rings. The first-order chi connectivity index (χ1) is 9.28. The van der Waals surface area contributed by atoms with Gasteiger partial charge in [-0.15, -0.1) is 0 Å². The maximum Gasteiger partial charge on any atom is 0.240 e. The van der Waals surface area contributed by atoms with Crippen LogP contribution in [0, 0.1) is 24.2 Å². The fourth-order valence-corrected chi connectivity index (χ4v) is 2.21. The Balaban J connectivity index is 2.62. The molecule has 108 valence electrons. The lowest BCUT2D eigenvalue weighted by Gasteiger charge is -2.27. The first-order valence-electron chi connectivity index (χ1n) is 6.51. The monoisotopic (exact) mass is 337 g/mol. The molecule has 0 aliphatic heterocycles. The molecule has 5 heteroatoms. The maximum absolute atomic E-state index is 11.9. The Morgan fingerprint density at radius 2 is 2.15 bits per heavy atom. The molecule has 0 heterocycles. The molecule has 0 radical (unpaired) electrons. The average molecular weight is 338 g/mol. The van der Waals surface area contributed by atoms with Gasteiger partial charge in [0, 0.05) is 10.2 Å². The van der Waals surface area contributed by atoms with E-state index in [1.807, 2.05) is 39.0 Å². The second kappa shape index (κ2) is 6.76. The number of anilines is 1. The number of halogens is 1. The van der Waals surface area contributed by atoms with Crippen molar-refractivity contribution in [3.63, 3.8) is 0 Å². The number of rotatable bonds is 5. The zero-order valence-corrected chi connectivity index (χ0v) is 13.8. The van der Waals surface area contributed by atoms with Crippen LogP contribution < -0.4 is 10.6 Å². The van der Waals surface area contributed by atoms with Crippen LogP contribution in [0.4, 0.5) is 5.69 Å². The van der Waals surface area contributed by atoms with E-state index < -0.39 is 5.54 Å². The first kappa shape index (κ1) is 16.5. The summed E-state index contributed by atoms with van der Waals surface area (Å²) in [6.07, 6.45) is 0. The van der Waals surface area contributed by atoms with Gasteiger partial charge in [0.25, 0.3) is 0 Å². The highest BCUT2D eigenvalue weighted by Gasteiger charge is 2.29. The zero-order chi connectivity index (χ0) is 15.3. The number of nitriles is 1. The van der Waals surface area contributed by atoms with Crippen LogP contribution in [0.5, 0.6) is 0 Å². The number of benzene rings is 1. The highest BCUT2D eigenvalue weighted by Crippen LogP contribution is 2.23. The van der Waals surface area contributed by atoms with Crippen LogP contribution >= 0.6 is 15.9 Å². The number of nitrogens with zero attached hydrogens (tertiary/aromatic N) is 1. The van der Waals surface area contributed by atoms with Gasteiger partial charge in [-0.2, -0.15) is 5.26 Å². The second-order valence-electron chi connectivity index (χ2n) is 5.35. The summed E-state index contributed by atoms with van der Waals surface area (Å²) in [6.45, 7) is 7.69. The third-order valence-electron chi connectivity index (χ3n) is 3.35. The van der Waals surface area contributed by atoms with Crippen LogP contribution in [0.2, 0.25) is 0 Å². The van der Waals surface area contributed by atoms with E-state index in [-0.39, 0.29) is 18.4 Å². The molecule has 0 aliphatic carbocycles. The molecule has 1 aromatic carbocycles. The SMILES string of the molecule is Cc1ccc(NCC(=O)NC(C)(C#N)C(C)C)c(Br)c1. The van der Waals surface area contributed by atoms with E-state index in [1.165, 1.54) is 0 Å². The molecular formula is C15H20BrN3O. The van der Waals surface area contributed by atoms with Crippen molar-refractivity contribution in [3.8, 4) is 6.07 Å². The number of amides is 1. The molecule has 0 bridgehead atoms. The predicted molar refractivity (Wildman–Crippen MR) is 84.4 cm³/mol. The molecule has 1 rings (SSSR count). The molecule has 1 unspecified atom stereocenters. The van der Waals surface area contributed by atoms with E-state index in [1.54, 1.807) is 6.92 Å². The number of hydrogen-bond acceptors (Lipinski definition) is 3. The normalized spacial score (nSPS) is 13.4. The highest BCUT2D eigenvalue weighted by molar-refractivity contribution is 9.10. The van der Waals surface area contributed by atoms with Gasteiger partial charge >= 0.3 is 0 Å². The summed E-state index contributed by atoms with van der Waals surface area (Å²) >= 11 is 3.45. The Bertz CT molecular complexity index is 536. The van der Waals surface area contributed by atoms with E-state index in [4.69, 9.17) is 0 Å². The summed E-state index contributed by atoms with van der Waals surface area (Å²) in [6, 6.07) is 8.02. The van der Waals surface area contributed by atoms with Crippen molar-refractivity contribution in [2.75, 3.05) is 11.9 Å². The van der Waals surface area contributed by atoms with Gasteiger partial charge in [0.1, 0.15) is 5.54 Å². The summed E-state index contributed by atoms with van der Waals surface area (Å²) in [7, 11) is 0. The Morgan fingerprint density at radius 1 is 1.50 bits per heavy atom. The summed E-state index contributed by atoms with van der Waals surface area (Å²) < 4.78 is 0.914. The molecule has 1 atom stereocenters. The third-order valence-corrected chi connectivity index (χ3v) is 4.01. The number of carbonyl (C=O) groups excluding carboxylic acids is 1. The van der Waals surface area contributed by atoms with E-state index >= 15 is 0 Å². The van der Waals surface area contributed by atoms with E-state index in [9.17, 15) is 10.1 Å². The first-order valence-corrected chi connectivity index (χ1v) is 7.30.